The molecule has 0 unspecified atom stereocenters. The molecule has 0 aliphatic carbocycles. The number of nitrogens with one attached hydrogen (secondary N) is 1. The van der Waals surface area contributed by atoms with Crippen LogP contribution in [0.2, 0.25) is 0 Å². The number of aromatic nitrogens is 1. The summed E-state index contributed by atoms with van der Waals surface area (Å²) in [5, 5.41) is 3.12. The van der Waals surface area contributed by atoms with Gasteiger partial charge < -0.3 is 5.32 Å². The van der Waals surface area contributed by atoms with Gasteiger partial charge in [0.1, 0.15) is 5.82 Å². The lowest BCUT2D eigenvalue weighted by Crippen LogP contribution is -2.01. The molecule has 5 heteroatoms. The first-order chi connectivity index (χ1) is 8.65. The lowest BCUT2D eigenvalue weighted by atomic mass is 10.1. The number of rotatable bonds is 4. The van der Waals surface area contributed by atoms with E-state index in [2.05, 4.69) is 26.2 Å². The van der Waals surface area contributed by atoms with Gasteiger partial charge in [-0.15, -0.1) is 0 Å². The topological polar surface area (TPSA) is 24.9 Å². The monoisotopic (exact) mass is 312 g/mol. The maximum atomic E-state index is 12.4. The predicted molar refractivity (Wildman–Crippen MR) is 70.7 cm³/mol. The molecule has 2 rings (SSSR count). The van der Waals surface area contributed by atoms with Gasteiger partial charge in [-0.2, -0.15) is 0 Å². The number of halogens is 3. The van der Waals surface area contributed by atoms with Crippen LogP contribution in [-0.2, 0) is 6.54 Å². The second-order valence-electron chi connectivity index (χ2n) is 3.76. The van der Waals surface area contributed by atoms with Gasteiger partial charge in [0.15, 0.2) is 0 Å². The third-order valence-electron chi connectivity index (χ3n) is 2.43. The van der Waals surface area contributed by atoms with Gasteiger partial charge in [0, 0.05) is 22.8 Å². The quantitative estimate of drug-likeness (QED) is 0.905. The number of alkyl halides is 2. The van der Waals surface area contributed by atoms with E-state index in [0.717, 1.165) is 15.9 Å². The summed E-state index contributed by atoms with van der Waals surface area (Å²) in [6.45, 7) is 0.554. The van der Waals surface area contributed by atoms with Crippen LogP contribution in [0.5, 0.6) is 0 Å². The highest BCUT2D eigenvalue weighted by atomic mass is 79.9. The largest absolute Gasteiger partial charge is 0.366 e. The molecule has 0 atom stereocenters. The Bertz CT molecular complexity index is 497. The maximum Gasteiger partial charge on any atom is 0.263 e. The SMILES string of the molecule is FC(F)c1ccc(CNc2ccc(Br)cn2)cc1. The van der Waals surface area contributed by atoms with E-state index in [9.17, 15) is 8.78 Å². The first-order valence-electron chi connectivity index (χ1n) is 5.37. The smallest absolute Gasteiger partial charge is 0.263 e. The van der Waals surface area contributed by atoms with Gasteiger partial charge in [0.05, 0.1) is 0 Å². The molecule has 1 heterocycles. The van der Waals surface area contributed by atoms with E-state index in [0.29, 0.717) is 6.54 Å². The van der Waals surface area contributed by atoms with E-state index in [4.69, 9.17) is 0 Å². The van der Waals surface area contributed by atoms with Gasteiger partial charge in [0.2, 0.25) is 0 Å². The summed E-state index contributed by atoms with van der Waals surface area (Å²) in [6.07, 6.45) is -0.720. The van der Waals surface area contributed by atoms with Crippen molar-refractivity contribution in [3.63, 3.8) is 0 Å². The first kappa shape index (κ1) is 13.0. The summed E-state index contributed by atoms with van der Waals surface area (Å²) in [5.41, 5.74) is 0.977. The van der Waals surface area contributed by atoms with E-state index in [-0.39, 0.29) is 5.56 Å². The molecule has 0 fully saturated rings. The van der Waals surface area contributed by atoms with E-state index in [1.54, 1.807) is 18.3 Å². The van der Waals surface area contributed by atoms with Gasteiger partial charge >= 0.3 is 0 Å². The van der Waals surface area contributed by atoms with Crippen LogP contribution in [0.4, 0.5) is 14.6 Å². The van der Waals surface area contributed by atoms with Crippen LogP contribution in [0.3, 0.4) is 0 Å². The van der Waals surface area contributed by atoms with Crippen molar-refractivity contribution in [2.45, 2.75) is 13.0 Å². The van der Waals surface area contributed by atoms with Gasteiger partial charge in [-0.3, -0.25) is 0 Å². The van der Waals surface area contributed by atoms with Crippen LogP contribution in [0, 0.1) is 0 Å². The molecule has 0 saturated carbocycles. The van der Waals surface area contributed by atoms with Gasteiger partial charge in [-0.25, -0.2) is 13.8 Å². The van der Waals surface area contributed by atoms with Crippen molar-refractivity contribution in [3.05, 3.63) is 58.2 Å². The van der Waals surface area contributed by atoms with Crippen LogP contribution in [0.15, 0.2) is 47.1 Å². The average Bonchev–Trinajstić information content (AvgIpc) is 2.38. The molecule has 94 valence electrons. The lowest BCUT2D eigenvalue weighted by molar-refractivity contribution is 0.151. The molecule has 18 heavy (non-hydrogen) atoms. The van der Waals surface area contributed by atoms with Gasteiger partial charge in [-0.1, -0.05) is 24.3 Å². The molecule has 0 bridgehead atoms. The van der Waals surface area contributed by atoms with Crippen molar-refractivity contribution in [2.75, 3.05) is 5.32 Å². The standard InChI is InChI=1S/C13H11BrF2N2/c14-11-5-6-12(18-8-11)17-7-9-1-3-10(4-2-9)13(15)16/h1-6,8,13H,7H2,(H,17,18). The van der Waals surface area contributed by atoms with Gasteiger partial charge in [-0.05, 0) is 33.6 Å². The normalized spacial score (nSPS) is 10.7. The summed E-state index contributed by atoms with van der Waals surface area (Å²) in [6, 6.07) is 9.99. The zero-order valence-electron chi connectivity index (χ0n) is 9.41. The lowest BCUT2D eigenvalue weighted by Gasteiger charge is -2.06. The predicted octanol–water partition coefficient (Wildman–Crippen LogP) is 4.39. The van der Waals surface area contributed by atoms with Crippen molar-refractivity contribution in [1.82, 2.24) is 4.98 Å². The minimum atomic E-state index is -2.42. The van der Waals surface area contributed by atoms with Crippen LogP contribution in [-0.4, -0.2) is 4.98 Å². The average molecular weight is 313 g/mol. The highest BCUT2D eigenvalue weighted by Crippen LogP contribution is 2.19. The summed E-state index contributed by atoms with van der Waals surface area (Å²) in [7, 11) is 0. The van der Waals surface area contributed by atoms with Crippen molar-refractivity contribution in [3.8, 4) is 0 Å². The minimum Gasteiger partial charge on any atom is -0.366 e. The highest BCUT2D eigenvalue weighted by Gasteiger charge is 2.05. The molecular formula is C13H11BrF2N2. The molecule has 0 saturated heterocycles. The third kappa shape index (κ3) is 3.50. The summed E-state index contributed by atoms with van der Waals surface area (Å²) >= 11 is 3.30. The molecule has 0 spiro atoms. The number of anilines is 1. The third-order valence-corrected chi connectivity index (χ3v) is 2.90. The Kier molecular flexibility index (Phi) is 4.25. The Hall–Kier alpha value is -1.49. The number of pyridine rings is 1. The van der Waals surface area contributed by atoms with Crippen molar-refractivity contribution < 1.29 is 8.78 Å². The second-order valence-corrected chi connectivity index (χ2v) is 4.67. The van der Waals surface area contributed by atoms with E-state index in [1.165, 1.54) is 12.1 Å². The summed E-state index contributed by atoms with van der Waals surface area (Å²) in [4.78, 5) is 4.16. The number of nitrogens with zero attached hydrogens (tertiary/aromatic N) is 1. The number of hydrogen-bond acceptors (Lipinski definition) is 2. The molecule has 1 N–H and O–H groups in total. The molecule has 2 nitrogen and oxygen atoms in total. The van der Waals surface area contributed by atoms with Crippen LogP contribution < -0.4 is 5.32 Å². The Morgan fingerprint density at radius 3 is 2.39 bits per heavy atom. The molecule has 0 radical (unpaired) electrons. The fourth-order valence-corrected chi connectivity index (χ4v) is 1.69. The minimum absolute atomic E-state index is 0.0421. The van der Waals surface area contributed by atoms with E-state index in [1.807, 2.05) is 12.1 Å². The zero-order valence-corrected chi connectivity index (χ0v) is 11.0. The summed E-state index contributed by atoms with van der Waals surface area (Å²) in [5.74, 6) is 0.746. The number of benzene rings is 1. The van der Waals surface area contributed by atoms with Crippen LogP contribution >= 0.6 is 15.9 Å². The van der Waals surface area contributed by atoms with Gasteiger partial charge in [0.25, 0.3) is 6.43 Å². The van der Waals surface area contributed by atoms with Crippen molar-refractivity contribution in [1.29, 1.82) is 0 Å². The maximum absolute atomic E-state index is 12.4. The molecule has 1 aromatic heterocycles. The molecule has 0 aliphatic heterocycles. The molecule has 2 aromatic rings. The zero-order chi connectivity index (χ0) is 13.0. The molecule has 0 amide bonds. The molecule has 0 aliphatic rings. The number of hydrogen-bond donors (Lipinski definition) is 1. The first-order valence-corrected chi connectivity index (χ1v) is 6.17. The van der Waals surface area contributed by atoms with Crippen LogP contribution in [0.25, 0.3) is 0 Å². The Balaban J connectivity index is 1.95. The van der Waals surface area contributed by atoms with E-state index < -0.39 is 6.43 Å². The Morgan fingerprint density at radius 1 is 1.11 bits per heavy atom. The molecule has 1 aromatic carbocycles. The highest BCUT2D eigenvalue weighted by molar-refractivity contribution is 9.10. The van der Waals surface area contributed by atoms with Crippen molar-refractivity contribution >= 4 is 21.7 Å². The fraction of sp³-hybridized carbons (Fsp3) is 0.154. The van der Waals surface area contributed by atoms with E-state index >= 15 is 0 Å². The Labute approximate surface area is 112 Å². The Morgan fingerprint density at radius 2 is 1.83 bits per heavy atom. The van der Waals surface area contributed by atoms with Crippen molar-refractivity contribution in [2.24, 2.45) is 0 Å². The fourth-order valence-electron chi connectivity index (χ4n) is 1.45. The van der Waals surface area contributed by atoms with Crippen LogP contribution in [0.1, 0.15) is 17.6 Å². The summed E-state index contributed by atoms with van der Waals surface area (Å²) < 4.78 is 25.6. The second kappa shape index (κ2) is 5.91. The molecular weight excluding hydrogens is 302 g/mol.